The van der Waals surface area contributed by atoms with Crippen LogP contribution in [0.5, 0.6) is 0 Å². The predicted octanol–water partition coefficient (Wildman–Crippen LogP) is 1.61. The molecular weight excluding hydrogens is 270 g/mol. The van der Waals surface area contributed by atoms with Gasteiger partial charge in [-0.1, -0.05) is 6.92 Å². The molecule has 2 N–H and O–H groups in total. The number of likely N-dealkylation sites (N-methyl/N-ethyl adjacent to an activating group) is 2. The van der Waals surface area contributed by atoms with Gasteiger partial charge in [0.25, 0.3) is 0 Å². The Labute approximate surface area is 127 Å². The molecule has 0 saturated carbocycles. The van der Waals surface area contributed by atoms with Crippen molar-refractivity contribution in [2.24, 2.45) is 5.92 Å². The van der Waals surface area contributed by atoms with Gasteiger partial charge in [-0.3, -0.25) is 4.79 Å². The third-order valence-corrected chi connectivity index (χ3v) is 4.27. The van der Waals surface area contributed by atoms with Gasteiger partial charge < -0.3 is 20.2 Å². The number of rotatable bonds is 8. The van der Waals surface area contributed by atoms with Crippen LogP contribution in [0.1, 0.15) is 39.0 Å². The van der Waals surface area contributed by atoms with Crippen molar-refractivity contribution in [3.8, 4) is 0 Å². The minimum Gasteiger partial charge on any atom is -0.481 e. The van der Waals surface area contributed by atoms with E-state index in [0.717, 1.165) is 25.9 Å². The number of aliphatic carboxylic acids is 1. The molecule has 122 valence electrons. The van der Waals surface area contributed by atoms with Crippen molar-refractivity contribution in [1.82, 2.24) is 15.1 Å². The highest BCUT2D eigenvalue weighted by molar-refractivity contribution is 5.73. The Morgan fingerprint density at radius 3 is 2.71 bits per heavy atom. The summed E-state index contributed by atoms with van der Waals surface area (Å²) in [5.41, 5.74) is 0. The minimum absolute atomic E-state index is 0.0410. The standard InChI is InChI=1S/C15H29N3O3/c1-12(6-7-14(19)20)8-9-16-15(21)18(3)11-13-5-4-10-17(13)2/h12-13H,4-11H2,1-3H3,(H,16,21)(H,19,20). The summed E-state index contributed by atoms with van der Waals surface area (Å²) in [6.45, 7) is 4.49. The maximum atomic E-state index is 12.0. The third kappa shape index (κ3) is 6.80. The number of hydrogen-bond acceptors (Lipinski definition) is 3. The monoisotopic (exact) mass is 299 g/mol. The molecule has 0 bridgehead atoms. The molecule has 1 fully saturated rings. The lowest BCUT2D eigenvalue weighted by molar-refractivity contribution is -0.137. The van der Waals surface area contributed by atoms with Gasteiger partial charge in [-0.05, 0) is 45.2 Å². The van der Waals surface area contributed by atoms with Crippen molar-refractivity contribution in [2.75, 3.05) is 33.7 Å². The van der Waals surface area contributed by atoms with Gasteiger partial charge in [-0.15, -0.1) is 0 Å². The summed E-state index contributed by atoms with van der Waals surface area (Å²) in [5, 5.41) is 11.5. The van der Waals surface area contributed by atoms with E-state index in [4.69, 9.17) is 5.11 Å². The first-order valence-corrected chi connectivity index (χ1v) is 7.81. The van der Waals surface area contributed by atoms with E-state index in [0.29, 0.717) is 24.9 Å². The zero-order valence-corrected chi connectivity index (χ0v) is 13.5. The van der Waals surface area contributed by atoms with Crippen LogP contribution >= 0.6 is 0 Å². The number of urea groups is 1. The van der Waals surface area contributed by atoms with Gasteiger partial charge in [0.05, 0.1) is 0 Å². The molecule has 0 aromatic carbocycles. The number of nitrogens with one attached hydrogen (secondary N) is 1. The average molecular weight is 299 g/mol. The second kappa shape index (κ2) is 8.87. The Hall–Kier alpha value is -1.30. The van der Waals surface area contributed by atoms with E-state index in [2.05, 4.69) is 17.3 Å². The van der Waals surface area contributed by atoms with E-state index in [1.54, 1.807) is 4.90 Å². The van der Waals surface area contributed by atoms with Crippen LogP contribution in [0.4, 0.5) is 4.79 Å². The maximum Gasteiger partial charge on any atom is 0.317 e. The van der Waals surface area contributed by atoms with Gasteiger partial charge in [0, 0.05) is 32.6 Å². The first kappa shape index (κ1) is 17.8. The first-order valence-electron chi connectivity index (χ1n) is 7.81. The molecule has 1 rings (SSSR count). The zero-order chi connectivity index (χ0) is 15.8. The molecule has 21 heavy (non-hydrogen) atoms. The Kier molecular flexibility index (Phi) is 7.50. The summed E-state index contributed by atoms with van der Waals surface area (Å²) in [6, 6.07) is 0.427. The molecule has 0 radical (unpaired) electrons. The molecule has 1 aliphatic heterocycles. The largest absolute Gasteiger partial charge is 0.481 e. The zero-order valence-electron chi connectivity index (χ0n) is 13.5. The van der Waals surface area contributed by atoms with Gasteiger partial charge in [0.1, 0.15) is 0 Å². The summed E-state index contributed by atoms with van der Waals surface area (Å²) in [4.78, 5) is 26.5. The molecule has 2 atom stereocenters. The number of hydrogen-bond donors (Lipinski definition) is 2. The van der Waals surface area contributed by atoms with Crippen LogP contribution in [-0.2, 0) is 4.79 Å². The molecule has 1 heterocycles. The van der Waals surface area contributed by atoms with Crippen LogP contribution in [-0.4, -0.2) is 66.7 Å². The van der Waals surface area contributed by atoms with Crippen molar-refractivity contribution in [3.05, 3.63) is 0 Å². The summed E-state index contributed by atoms with van der Waals surface area (Å²) in [5.74, 6) is -0.445. The second-order valence-corrected chi connectivity index (χ2v) is 6.22. The first-order chi connectivity index (χ1) is 9.90. The molecule has 2 amide bonds. The van der Waals surface area contributed by atoms with Crippen LogP contribution in [0, 0.1) is 5.92 Å². The van der Waals surface area contributed by atoms with Crippen molar-refractivity contribution in [1.29, 1.82) is 0 Å². The number of carbonyl (C=O) groups is 2. The van der Waals surface area contributed by atoms with Gasteiger partial charge in [-0.25, -0.2) is 4.79 Å². The summed E-state index contributed by atoms with van der Waals surface area (Å²) in [7, 11) is 3.93. The normalized spacial score (nSPS) is 20.2. The molecule has 0 aromatic heterocycles. The lowest BCUT2D eigenvalue weighted by Crippen LogP contribution is -2.44. The SMILES string of the molecule is CC(CCNC(=O)N(C)CC1CCCN1C)CCC(=O)O. The van der Waals surface area contributed by atoms with Crippen molar-refractivity contribution in [3.63, 3.8) is 0 Å². The topological polar surface area (TPSA) is 72.9 Å². The van der Waals surface area contributed by atoms with E-state index >= 15 is 0 Å². The van der Waals surface area contributed by atoms with Crippen molar-refractivity contribution >= 4 is 12.0 Å². The number of likely N-dealkylation sites (tertiary alicyclic amines) is 1. The highest BCUT2D eigenvalue weighted by atomic mass is 16.4. The molecule has 2 unspecified atom stereocenters. The second-order valence-electron chi connectivity index (χ2n) is 6.22. The number of nitrogens with zero attached hydrogens (tertiary/aromatic N) is 2. The third-order valence-electron chi connectivity index (χ3n) is 4.27. The van der Waals surface area contributed by atoms with Crippen molar-refractivity contribution in [2.45, 2.75) is 45.1 Å². The molecule has 0 aromatic rings. The van der Waals surface area contributed by atoms with Crippen LogP contribution in [0.3, 0.4) is 0 Å². The Morgan fingerprint density at radius 2 is 2.14 bits per heavy atom. The predicted molar refractivity (Wildman–Crippen MR) is 82.3 cm³/mol. The Morgan fingerprint density at radius 1 is 1.43 bits per heavy atom. The highest BCUT2D eigenvalue weighted by Gasteiger charge is 2.23. The lowest BCUT2D eigenvalue weighted by atomic mass is 10.0. The van der Waals surface area contributed by atoms with Crippen LogP contribution in [0.2, 0.25) is 0 Å². The molecule has 1 saturated heterocycles. The Balaban J connectivity index is 2.16. The number of carboxylic acids is 1. The number of carboxylic acid groups (broad SMARTS) is 1. The Bertz CT molecular complexity index is 349. The highest BCUT2D eigenvalue weighted by Crippen LogP contribution is 2.15. The summed E-state index contributed by atoms with van der Waals surface area (Å²) >= 11 is 0. The van der Waals surface area contributed by atoms with E-state index in [-0.39, 0.29) is 12.5 Å². The number of amides is 2. The molecule has 0 aliphatic carbocycles. The van der Waals surface area contributed by atoms with Crippen LogP contribution < -0.4 is 5.32 Å². The smallest absolute Gasteiger partial charge is 0.317 e. The molecule has 6 heteroatoms. The molecule has 0 spiro atoms. The molecular formula is C15H29N3O3. The fraction of sp³-hybridized carbons (Fsp3) is 0.867. The van der Waals surface area contributed by atoms with E-state index in [1.165, 1.54) is 6.42 Å². The van der Waals surface area contributed by atoms with Gasteiger partial charge >= 0.3 is 12.0 Å². The quantitative estimate of drug-likeness (QED) is 0.714. The average Bonchev–Trinajstić information content (AvgIpc) is 2.81. The molecule has 6 nitrogen and oxygen atoms in total. The minimum atomic E-state index is -0.758. The van der Waals surface area contributed by atoms with E-state index < -0.39 is 5.97 Å². The summed E-state index contributed by atoms with van der Waals surface area (Å²) < 4.78 is 0. The molecule has 1 aliphatic rings. The van der Waals surface area contributed by atoms with E-state index in [1.807, 2.05) is 14.0 Å². The van der Waals surface area contributed by atoms with Crippen LogP contribution in [0.15, 0.2) is 0 Å². The number of carbonyl (C=O) groups excluding carboxylic acids is 1. The van der Waals surface area contributed by atoms with Crippen molar-refractivity contribution < 1.29 is 14.7 Å². The fourth-order valence-corrected chi connectivity index (χ4v) is 2.68. The van der Waals surface area contributed by atoms with Gasteiger partial charge in [0.2, 0.25) is 0 Å². The maximum absolute atomic E-state index is 12.0. The van der Waals surface area contributed by atoms with Gasteiger partial charge in [0.15, 0.2) is 0 Å². The van der Waals surface area contributed by atoms with E-state index in [9.17, 15) is 9.59 Å². The summed E-state index contributed by atoms with van der Waals surface area (Å²) in [6.07, 6.45) is 4.03. The lowest BCUT2D eigenvalue weighted by Gasteiger charge is -2.26. The van der Waals surface area contributed by atoms with Gasteiger partial charge in [-0.2, -0.15) is 0 Å². The van der Waals surface area contributed by atoms with Crippen LogP contribution in [0.25, 0.3) is 0 Å². The fourth-order valence-electron chi connectivity index (χ4n) is 2.68.